The molecule has 3 N–H and O–H groups in total. The molecule has 2 aromatic rings. The molecule has 8 heteroatoms. The molecule has 0 radical (unpaired) electrons. The lowest BCUT2D eigenvalue weighted by Gasteiger charge is -2.36. The molecular weight excluding hydrogens is 418 g/mol. The van der Waals surface area contributed by atoms with Crippen LogP contribution in [0.25, 0.3) is 0 Å². The van der Waals surface area contributed by atoms with E-state index in [0.29, 0.717) is 19.6 Å². The van der Waals surface area contributed by atoms with Crippen LogP contribution >= 0.6 is 0 Å². The zero-order valence-corrected chi connectivity index (χ0v) is 19.2. The largest absolute Gasteiger partial charge is 0.478 e. The summed E-state index contributed by atoms with van der Waals surface area (Å²) in [5.41, 5.74) is 2.27. The molecule has 0 atom stereocenters. The molecule has 1 heterocycles. The second-order valence-corrected chi connectivity index (χ2v) is 8.06. The maximum Gasteiger partial charge on any atom is 0.335 e. The molecule has 8 nitrogen and oxygen atoms in total. The maximum atomic E-state index is 12.0. The quantitative estimate of drug-likeness (QED) is 0.400. The topological polar surface area (TPSA) is 97.3 Å². The zero-order chi connectivity index (χ0) is 23.5. The van der Waals surface area contributed by atoms with Crippen LogP contribution in [-0.2, 0) is 11.2 Å². The van der Waals surface area contributed by atoms with E-state index in [4.69, 9.17) is 10.1 Å². The first-order valence-electron chi connectivity index (χ1n) is 11.5. The third-order valence-electron chi connectivity index (χ3n) is 5.50. The van der Waals surface area contributed by atoms with E-state index >= 15 is 0 Å². The predicted molar refractivity (Wildman–Crippen MR) is 131 cm³/mol. The Morgan fingerprint density at radius 2 is 1.70 bits per heavy atom. The number of carboxylic acid groups (broad SMARTS) is 1. The van der Waals surface area contributed by atoms with Crippen molar-refractivity contribution in [1.82, 2.24) is 15.1 Å². The lowest BCUT2D eigenvalue weighted by atomic mass is 10.2. The van der Waals surface area contributed by atoms with Gasteiger partial charge >= 0.3 is 5.97 Å². The van der Waals surface area contributed by atoms with Crippen molar-refractivity contribution in [3.05, 3.63) is 65.7 Å². The average Bonchev–Trinajstić information content (AvgIpc) is 2.83. The number of aliphatic imine (C=N–C) groups is 1. The number of hydrogen-bond donors (Lipinski definition) is 3. The Hall–Kier alpha value is -3.39. The number of carbonyl (C=O) groups is 2. The second-order valence-electron chi connectivity index (χ2n) is 8.06. The van der Waals surface area contributed by atoms with Crippen molar-refractivity contribution in [2.24, 2.45) is 4.99 Å². The number of rotatable bonds is 9. The van der Waals surface area contributed by atoms with E-state index < -0.39 is 5.97 Å². The summed E-state index contributed by atoms with van der Waals surface area (Å²) in [6, 6.07) is 16.9. The fourth-order valence-electron chi connectivity index (χ4n) is 3.62. The highest BCUT2D eigenvalue weighted by Crippen LogP contribution is 2.12. The van der Waals surface area contributed by atoms with Crippen molar-refractivity contribution in [3.8, 4) is 0 Å². The molecule has 0 spiro atoms. The first-order valence-corrected chi connectivity index (χ1v) is 11.5. The molecule has 2 aromatic carbocycles. The van der Waals surface area contributed by atoms with Crippen molar-refractivity contribution < 1.29 is 14.7 Å². The number of amides is 1. The Bertz CT molecular complexity index is 923. The number of guanidine groups is 1. The molecule has 3 rings (SSSR count). The fourth-order valence-corrected chi connectivity index (χ4v) is 3.62. The van der Waals surface area contributed by atoms with Crippen LogP contribution in [0.2, 0.25) is 0 Å². The summed E-state index contributed by atoms with van der Waals surface area (Å²) in [5.74, 6) is -0.111. The van der Waals surface area contributed by atoms with Gasteiger partial charge in [-0.25, -0.2) is 4.79 Å². The van der Waals surface area contributed by atoms with E-state index in [1.54, 1.807) is 24.3 Å². The number of aromatic carboxylic acids is 1. The summed E-state index contributed by atoms with van der Waals surface area (Å²) in [5, 5.41) is 15.4. The van der Waals surface area contributed by atoms with Gasteiger partial charge in [-0.2, -0.15) is 0 Å². The molecule has 0 unspecified atom stereocenters. The van der Waals surface area contributed by atoms with Crippen molar-refractivity contribution >= 4 is 23.5 Å². The molecule has 1 saturated heterocycles. The van der Waals surface area contributed by atoms with Crippen LogP contribution in [0.15, 0.2) is 59.6 Å². The van der Waals surface area contributed by atoms with Gasteiger partial charge in [0.25, 0.3) is 0 Å². The van der Waals surface area contributed by atoms with E-state index in [-0.39, 0.29) is 11.5 Å². The van der Waals surface area contributed by atoms with Gasteiger partial charge in [-0.05, 0) is 42.7 Å². The summed E-state index contributed by atoms with van der Waals surface area (Å²) in [7, 11) is 0. The maximum absolute atomic E-state index is 12.0. The van der Waals surface area contributed by atoms with E-state index in [1.807, 2.05) is 25.1 Å². The van der Waals surface area contributed by atoms with Gasteiger partial charge in [0.2, 0.25) is 5.91 Å². The van der Waals surface area contributed by atoms with Gasteiger partial charge in [0, 0.05) is 45.0 Å². The molecular formula is C25H33N5O3. The summed E-state index contributed by atoms with van der Waals surface area (Å²) >= 11 is 0. The second kappa shape index (κ2) is 12.6. The van der Waals surface area contributed by atoms with Crippen molar-refractivity contribution in [1.29, 1.82) is 0 Å². The summed E-state index contributed by atoms with van der Waals surface area (Å²) in [6.07, 6.45) is 1.77. The molecule has 0 aliphatic carbocycles. The number of anilines is 1. The predicted octanol–water partition coefficient (Wildman–Crippen LogP) is 2.54. The Morgan fingerprint density at radius 1 is 1.00 bits per heavy atom. The standard InChI is InChI=1S/C25H33N5O3/c1-2-13-26-23(31)19-29-15-17-30(18-16-29)25(27-14-12-20-6-4-3-5-7-20)28-22-10-8-21(9-11-22)24(32)33/h3-11H,2,12-19H2,1H3,(H,26,31)(H,27,28)(H,32,33). The number of nitrogens with one attached hydrogen (secondary N) is 2. The minimum atomic E-state index is -0.947. The summed E-state index contributed by atoms with van der Waals surface area (Å²) in [4.78, 5) is 32.4. The number of carbonyl (C=O) groups excluding carboxylic acids is 1. The van der Waals surface area contributed by atoms with Crippen LogP contribution in [0.1, 0.15) is 29.3 Å². The van der Waals surface area contributed by atoms with Crippen LogP contribution in [0.4, 0.5) is 5.69 Å². The third-order valence-corrected chi connectivity index (χ3v) is 5.50. The molecule has 33 heavy (non-hydrogen) atoms. The van der Waals surface area contributed by atoms with E-state index in [9.17, 15) is 9.59 Å². The smallest absolute Gasteiger partial charge is 0.335 e. The molecule has 0 aromatic heterocycles. The van der Waals surface area contributed by atoms with Gasteiger partial charge in [-0.15, -0.1) is 0 Å². The minimum Gasteiger partial charge on any atom is -0.478 e. The van der Waals surface area contributed by atoms with Gasteiger partial charge in [0.15, 0.2) is 5.96 Å². The first-order chi connectivity index (χ1) is 16.0. The Morgan fingerprint density at radius 3 is 2.33 bits per heavy atom. The molecule has 1 amide bonds. The number of piperazine rings is 1. The highest BCUT2D eigenvalue weighted by molar-refractivity contribution is 5.94. The Labute approximate surface area is 195 Å². The lowest BCUT2D eigenvalue weighted by molar-refractivity contribution is -0.122. The number of carboxylic acids is 1. The molecule has 1 aliphatic heterocycles. The number of benzene rings is 2. The fraction of sp³-hybridized carbons (Fsp3) is 0.400. The Balaban J connectivity index is 1.63. The van der Waals surface area contributed by atoms with E-state index in [0.717, 1.165) is 50.7 Å². The van der Waals surface area contributed by atoms with E-state index in [1.165, 1.54) is 5.56 Å². The monoisotopic (exact) mass is 451 g/mol. The number of hydrogen-bond acceptors (Lipinski definition) is 4. The van der Waals surface area contributed by atoms with Gasteiger partial charge in [-0.1, -0.05) is 37.3 Å². The molecule has 1 fully saturated rings. The van der Waals surface area contributed by atoms with Crippen LogP contribution in [-0.4, -0.2) is 78.6 Å². The van der Waals surface area contributed by atoms with Gasteiger partial charge in [0.05, 0.1) is 12.1 Å². The zero-order valence-electron chi connectivity index (χ0n) is 19.2. The normalized spacial score (nSPS) is 14.7. The average molecular weight is 452 g/mol. The molecule has 1 aliphatic rings. The van der Waals surface area contributed by atoms with Crippen molar-refractivity contribution in [2.75, 3.05) is 51.1 Å². The number of nitrogens with zero attached hydrogens (tertiary/aromatic N) is 3. The highest BCUT2D eigenvalue weighted by atomic mass is 16.4. The summed E-state index contributed by atoms with van der Waals surface area (Å²) in [6.45, 7) is 6.86. The van der Waals surface area contributed by atoms with Crippen molar-refractivity contribution in [2.45, 2.75) is 19.8 Å². The molecule has 0 saturated carbocycles. The van der Waals surface area contributed by atoms with Gasteiger partial charge in [0.1, 0.15) is 0 Å². The first kappa shape index (κ1) is 24.3. The van der Waals surface area contributed by atoms with Crippen LogP contribution in [0, 0.1) is 0 Å². The SMILES string of the molecule is CCCNC(=O)CN1CCN(C(=NCCc2ccccc2)Nc2ccc(C(=O)O)cc2)CC1. The lowest BCUT2D eigenvalue weighted by Crippen LogP contribution is -2.52. The van der Waals surface area contributed by atoms with Crippen LogP contribution < -0.4 is 10.6 Å². The molecule has 0 bridgehead atoms. The minimum absolute atomic E-state index is 0.0682. The van der Waals surface area contributed by atoms with Crippen molar-refractivity contribution in [3.63, 3.8) is 0 Å². The van der Waals surface area contributed by atoms with Crippen LogP contribution in [0.5, 0.6) is 0 Å². The van der Waals surface area contributed by atoms with E-state index in [2.05, 4.69) is 32.6 Å². The molecule has 176 valence electrons. The highest BCUT2D eigenvalue weighted by Gasteiger charge is 2.21. The third kappa shape index (κ3) is 7.91. The van der Waals surface area contributed by atoms with Gasteiger partial charge < -0.3 is 20.6 Å². The Kier molecular flexibility index (Phi) is 9.26. The summed E-state index contributed by atoms with van der Waals surface area (Å²) < 4.78 is 0. The van der Waals surface area contributed by atoms with Gasteiger partial charge in [-0.3, -0.25) is 14.7 Å². The van der Waals surface area contributed by atoms with Crippen LogP contribution in [0.3, 0.4) is 0 Å².